The number of likely N-dealkylation sites (N-methyl/N-ethyl adjacent to an activating group) is 1. The third kappa shape index (κ3) is 4.99. The second-order valence-electron chi connectivity index (χ2n) is 10.4. The molecule has 8 nitrogen and oxygen atoms in total. The zero-order valence-corrected chi connectivity index (χ0v) is 22.9. The Morgan fingerprint density at radius 3 is 2.49 bits per heavy atom. The number of rotatable bonds is 7. The fourth-order valence-electron chi connectivity index (χ4n) is 5.86. The monoisotopic (exact) mass is 571 g/mol. The minimum atomic E-state index is -0.669. The number of hydrogen-bond acceptors (Lipinski definition) is 7. The van der Waals surface area contributed by atoms with E-state index in [9.17, 15) is 9.18 Å². The maximum absolute atomic E-state index is 14.8. The fourth-order valence-corrected chi connectivity index (χ4v) is 6.17. The second kappa shape index (κ2) is 10.4. The van der Waals surface area contributed by atoms with Crippen molar-refractivity contribution >= 4 is 51.5 Å². The first-order valence-corrected chi connectivity index (χ1v) is 13.7. The van der Waals surface area contributed by atoms with Gasteiger partial charge in [0.2, 0.25) is 5.91 Å². The number of ether oxygens (including phenoxy) is 2. The smallest absolute Gasteiger partial charge is 0.246 e. The molecular formula is C28H28Cl2FN5O3. The Morgan fingerprint density at radius 2 is 1.79 bits per heavy atom. The molecule has 3 atom stereocenters. The van der Waals surface area contributed by atoms with Crippen LogP contribution in [0.5, 0.6) is 11.5 Å². The highest BCUT2D eigenvalue weighted by Crippen LogP contribution is 2.42. The molecule has 39 heavy (non-hydrogen) atoms. The summed E-state index contributed by atoms with van der Waals surface area (Å²) in [5.41, 5.74) is 0.759. The fraction of sp³-hybridized carbons (Fsp3) is 0.393. The summed E-state index contributed by atoms with van der Waals surface area (Å²) in [7, 11) is 2.04. The van der Waals surface area contributed by atoms with Crippen LogP contribution in [0.15, 0.2) is 43.2 Å². The van der Waals surface area contributed by atoms with Crippen molar-refractivity contribution in [1.82, 2.24) is 19.8 Å². The SMILES string of the molecule is C=CC(=O)N1[C@@H]2CC[C@H]1CC(Oc1cc3c(Nc4ccc(Cl)c(Cl)c4F)ncnc3cc1OC1CN(C)C1)C2. The predicted octanol–water partition coefficient (Wildman–Crippen LogP) is 5.60. The summed E-state index contributed by atoms with van der Waals surface area (Å²) in [5, 5.41) is 3.62. The van der Waals surface area contributed by atoms with Crippen LogP contribution in [-0.4, -0.2) is 70.1 Å². The number of benzene rings is 2. The maximum atomic E-state index is 14.8. The van der Waals surface area contributed by atoms with Gasteiger partial charge in [-0.1, -0.05) is 29.8 Å². The average molecular weight is 572 g/mol. The quantitative estimate of drug-likeness (QED) is 0.292. The van der Waals surface area contributed by atoms with Crippen LogP contribution in [0.3, 0.4) is 0 Å². The molecule has 2 aromatic carbocycles. The lowest BCUT2D eigenvalue weighted by atomic mass is 9.99. The summed E-state index contributed by atoms with van der Waals surface area (Å²) in [4.78, 5) is 25.3. The molecule has 3 aromatic rings. The van der Waals surface area contributed by atoms with E-state index in [-0.39, 0.29) is 45.9 Å². The van der Waals surface area contributed by atoms with E-state index in [2.05, 4.69) is 26.8 Å². The molecule has 1 aromatic heterocycles. The van der Waals surface area contributed by atoms with Crippen LogP contribution in [0.25, 0.3) is 10.9 Å². The van der Waals surface area contributed by atoms with Crippen molar-refractivity contribution in [2.24, 2.45) is 0 Å². The molecule has 0 aliphatic carbocycles. The second-order valence-corrected chi connectivity index (χ2v) is 11.2. The largest absolute Gasteiger partial charge is 0.486 e. The Hall–Kier alpha value is -3.14. The standard InChI is InChI=1S/C28H28Cl2FN5O3/c1-3-25(37)36-15-4-5-16(36)9-17(8-15)38-23-10-19-22(11-24(23)39-18-12-35(2)13-18)32-14-33-28(19)34-21-7-6-20(29)26(30)27(21)31/h3,6-7,10-11,14-18H,1,4-5,8-9,12-13H2,2H3,(H,32,33,34)/t15-,16+,17?. The first kappa shape index (κ1) is 26.1. The summed E-state index contributed by atoms with van der Waals surface area (Å²) in [6.07, 6.45) is 6.12. The van der Waals surface area contributed by atoms with Gasteiger partial charge < -0.3 is 19.7 Å². The molecule has 11 heteroatoms. The van der Waals surface area contributed by atoms with Crippen molar-refractivity contribution in [3.05, 3.63) is 59.1 Å². The minimum Gasteiger partial charge on any atom is -0.486 e. The van der Waals surface area contributed by atoms with Gasteiger partial charge >= 0.3 is 0 Å². The number of aromatic nitrogens is 2. The first-order valence-electron chi connectivity index (χ1n) is 13.0. The molecule has 3 aliphatic heterocycles. The van der Waals surface area contributed by atoms with Gasteiger partial charge in [0.05, 0.1) is 21.2 Å². The van der Waals surface area contributed by atoms with Gasteiger partial charge in [-0.2, -0.15) is 0 Å². The van der Waals surface area contributed by atoms with Gasteiger partial charge in [0, 0.05) is 49.5 Å². The van der Waals surface area contributed by atoms with Crippen LogP contribution in [0, 0.1) is 5.82 Å². The van der Waals surface area contributed by atoms with Gasteiger partial charge in [0.25, 0.3) is 0 Å². The van der Waals surface area contributed by atoms with E-state index >= 15 is 0 Å². The van der Waals surface area contributed by atoms with Crippen molar-refractivity contribution in [1.29, 1.82) is 0 Å². The lowest BCUT2D eigenvalue weighted by Crippen LogP contribution is -2.51. The number of fused-ring (bicyclic) bond motifs is 3. The lowest BCUT2D eigenvalue weighted by Gasteiger charge is -2.39. The Kier molecular flexibility index (Phi) is 6.99. The first-order chi connectivity index (χ1) is 18.8. The number of piperidine rings is 1. The number of anilines is 2. The van der Waals surface area contributed by atoms with Gasteiger partial charge in [-0.25, -0.2) is 14.4 Å². The number of likely N-dealkylation sites (tertiary alicyclic amines) is 1. The molecule has 204 valence electrons. The molecule has 3 saturated heterocycles. The normalized spacial score (nSPS) is 23.0. The van der Waals surface area contributed by atoms with Crippen LogP contribution < -0.4 is 14.8 Å². The van der Waals surface area contributed by atoms with Crippen LogP contribution in [0.1, 0.15) is 25.7 Å². The van der Waals surface area contributed by atoms with E-state index < -0.39 is 5.82 Å². The summed E-state index contributed by atoms with van der Waals surface area (Å²) < 4.78 is 27.7. The highest BCUT2D eigenvalue weighted by molar-refractivity contribution is 6.42. The third-order valence-electron chi connectivity index (χ3n) is 7.73. The van der Waals surface area contributed by atoms with Gasteiger partial charge in [-0.3, -0.25) is 9.69 Å². The lowest BCUT2D eigenvalue weighted by molar-refractivity contribution is -0.131. The van der Waals surface area contributed by atoms with Crippen molar-refractivity contribution in [2.45, 2.75) is 50.0 Å². The van der Waals surface area contributed by atoms with Gasteiger partial charge in [-0.05, 0) is 44.2 Å². The molecule has 1 N–H and O–H groups in total. The Labute approximate surface area is 235 Å². The number of carbonyl (C=O) groups excluding carboxylic acids is 1. The minimum absolute atomic E-state index is 0.0211. The van der Waals surface area contributed by atoms with E-state index in [1.54, 1.807) is 0 Å². The Balaban J connectivity index is 1.33. The van der Waals surface area contributed by atoms with E-state index in [4.69, 9.17) is 32.7 Å². The molecule has 3 fully saturated rings. The van der Waals surface area contributed by atoms with Crippen molar-refractivity contribution < 1.29 is 18.7 Å². The number of nitrogens with one attached hydrogen (secondary N) is 1. The van der Waals surface area contributed by atoms with Crippen LogP contribution in [0.4, 0.5) is 15.9 Å². The average Bonchev–Trinajstić information content (AvgIpc) is 3.18. The van der Waals surface area contributed by atoms with Crippen LogP contribution >= 0.6 is 23.2 Å². The number of nitrogens with zero attached hydrogens (tertiary/aromatic N) is 4. The molecule has 0 saturated carbocycles. The van der Waals surface area contributed by atoms with E-state index in [0.717, 1.165) is 38.8 Å². The van der Waals surface area contributed by atoms with E-state index in [1.165, 1.54) is 24.5 Å². The van der Waals surface area contributed by atoms with Gasteiger partial charge in [0.1, 0.15) is 24.4 Å². The molecule has 0 radical (unpaired) electrons. The predicted molar refractivity (Wildman–Crippen MR) is 149 cm³/mol. The van der Waals surface area contributed by atoms with Gasteiger partial charge in [0.15, 0.2) is 17.3 Å². The van der Waals surface area contributed by atoms with E-state index in [1.807, 2.05) is 24.1 Å². The van der Waals surface area contributed by atoms with Gasteiger partial charge in [-0.15, -0.1) is 0 Å². The molecule has 1 amide bonds. The molecule has 6 rings (SSSR count). The third-order valence-corrected chi connectivity index (χ3v) is 8.51. The summed E-state index contributed by atoms with van der Waals surface area (Å²) >= 11 is 12.0. The molecule has 4 heterocycles. The number of amides is 1. The summed E-state index contributed by atoms with van der Waals surface area (Å²) in [6.45, 7) is 5.29. The van der Waals surface area contributed by atoms with Crippen molar-refractivity contribution in [3.63, 3.8) is 0 Å². The zero-order valence-electron chi connectivity index (χ0n) is 21.4. The highest BCUT2D eigenvalue weighted by atomic mass is 35.5. The van der Waals surface area contributed by atoms with Crippen LogP contribution in [-0.2, 0) is 4.79 Å². The Bertz CT molecular complexity index is 1440. The molecule has 2 bridgehead atoms. The molecule has 1 unspecified atom stereocenters. The molecule has 3 aliphatic rings. The van der Waals surface area contributed by atoms with Crippen molar-refractivity contribution in [3.8, 4) is 11.5 Å². The molecule has 0 spiro atoms. The summed E-state index contributed by atoms with van der Waals surface area (Å²) in [6, 6.07) is 6.96. The Morgan fingerprint density at radius 1 is 1.10 bits per heavy atom. The molecular weight excluding hydrogens is 544 g/mol. The van der Waals surface area contributed by atoms with Crippen molar-refractivity contribution in [2.75, 3.05) is 25.5 Å². The summed E-state index contributed by atoms with van der Waals surface area (Å²) in [5.74, 6) is 0.869. The number of carbonyl (C=O) groups is 1. The highest BCUT2D eigenvalue weighted by Gasteiger charge is 2.43. The zero-order chi connectivity index (χ0) is 27.3. The van der Waals surface area contributed by atoms with E-state index in [0.29, 0.717) is 28.2 Å². The number of hydrogen-bond donors (Lipinski definition) is 1. The topological polar surface area (TPSA) is 79.8 Å². The van der Waals surface area contributed by atoms with Crippen LogP contribution in [0.2, 0.25) is 10.0 Å². The maximum Gasteiger partial charge on any atom is 0.246 e. The number of halogens is 3.